The van der Waals surface area contributed by atoms with Crippen LogP contribution in [0.3, 0.4) is 0 Å². The number of aromatic nitrogens is 4. The summed E-state index contributed by atoms with van der Waals surface area (Å²) in [6.45, 7) is 13.4. The molecular formula is C52H44N4OPt-2. The smallest absolute Gasteiger partial charge is 0.267 e. The number of pyridine rings is 1. The summed E-state index contributed by atoms with van der Waals surface area (Å²) in [6.07, 6.45) is 7.80. The van der Waals surface area contributed by atoms with E-state index in [4.69, 9.17) is 9.72 Å². The van der Waals surface area contributed by atoms with Gasteiger partial charge in [0.05, 0.1) is 11.4 Å². The maximum Gasteiger partial charge on any atom is 0.267 e. The molecule has 5 nitrogen and oxygen atoms in total. The van der Waals surface area contributed by atoms with Crippen LogP contribution in [0.1, 0.15) is 52.8 Å². The molecular weight excluding hydrogens is 892 g/mol. The van der Waals surface area contributed by atoms with E-state index in [1.807, 2.05) is 24.4 Å². The summed E-state index contributed by atoms with van der Waals surface area (Å²) >= 11 is 0. The second kappa shape index (κ2) is 15.4. The Balaban J connectivity index is 0.00000469. The molecule has 0 amide bonds. The number of hydrogen-bond donors (Lipinski definition) is 0. The van der Waals surface area contributed by atoms with Gasteiger partial charge in [0.25, 0.3) is 6.33 Å². The molecule has 58 heavy (non-hydrogen) atoms. The van der Waals surface area contributed by atoms with Crippen molar-refractivity contribution in [2.45, 2.75) is 52.4 Å². The summed E-state index contributed by atoms with van der Waals surface area (Å²) in [5.74, 6) is 2.04. The van der Waals surface area contributed by atoms with Gasteiger partial charge in [-0.15, -0.1) is 29.7 Å². The predicted molar refractivity (Wildman–Crippen MR) is 231 cm³/mol. The molecule has 3 heterocycles. The van der Waals surface area contributed by atoms with Gasteiger partial charge in [0.15, 0.2) is 0 Å². The first-order chi connectivity index (χ1) is 27.5. The predicted octanol–water partition coefficient (Wildman–Crippen LogP) is 12.4. The van der Waals surface area contributed by atoms with Crippen molar-refractivity contribution in [2.24, 2.45) is 0 Å². The first kappa shape index (κ1) is 38.8. The second-order valence-electron chi connectivity index (χ2n) is 16.6. The van der Waals surface area contributed by atoms with Crippen LogP contribution in [0.15, 0.2) is 158 Å². The first-order valence-electron chi connectivity index (χ1n) is 19.5. The van der Waals surface area contributed by atoms with E-state index in [1.54, 1.807) is 0 Å². The minimum atomic E-state index is -0.207. The van der Waals surface area contributed by atoms with Crippen LogP contribution >= 0.6 is 0 Å². The summed E-state index contributed by atoms with van der Waals surface area (Å²) in [4.78, 5) is 4.84. The zero-order valence-corrected chi connectivity index (χ0v) is 35.8. The second-order valence-corrected chi connectivity index (χ2v) is 16.6. The molecule has 0 fully saturated rings. The first-order valence-corrected chi connectivity index (χ1v) is 19.5. The molecule has 0 saturated heterocycles. The van der Waals surface area contributed by atoms with E-state index < -0.39 is 0 Å². The molecule has 3 aromatic heterocycles. The number of nitrogens with zero attached hydrogens (tertiary/aromatic N) is 4. The van der Waals surface area contributed by atoms with Crippen molar-refractivity contribution in [3.05, 3.63) is 188 Å². The van der Waals surface area contributed by atoms with E-state index >= 15 is 0 Å². The van der Waals surface area contributed by atoms with Gasteiger partial charge in [-0.3, -0.25) is 4.57 Å². The summed E-state index contributed by atoms with van der Waals surface area (Å²) in [6, 6.07) is 57.7. The van der Waals surface area contributed by atoms with Gasteiger partial charge in [-0.05, 0) is 74.0 Å². The van der Waals surface area contributed by atoms with Crippen LogP contribution in [0.5, 0.6) is 11.5 Å². The van der Waals surface area contributed by atoms with Crippen LogP contribution in [-0.2, 0) is 31.9 Å². The van der Waals surface area contributed by atoms with Gasteiger partial charge in [-0.25, -0.2) is 4.98 Å². The Kier molecular flexibility index (Phi) is 10.3. The molecule has 9 rings (SSSR count). The van der Waals surface area contributed by atoms with E-state index in [9.17, 15) is 0 Å². The fourth-order valence-electron chi connectivity index (χ4n) is 7.53. The van der Waals surface area contributed by atoms with Gasteiger partial charge in [0.2, 0.25) is 0 Å². The number of hydrogen-bond acceptors (Lipinski definition) is 2. The molecule has 0 bridgehead atoms. The van der Waals surface area contributed by atoms with Crippen LogP contribution < -0.4 is 9.30 Å². The van der Waals surface area contributed by atoms with Crippen LogP contribution in [-0.4, -0.2) is 14.1 Å². The zero-order chi connectivity index (χ0) is 39.3. The minimum absolute atomic E-state index is 0. The Bertz CT molecular complexity index is 2900. The zero-order valence-electron chi connectivity index (χ0n) is 33.5. The Hall–Kier alpha value is -6.03. The third kappa shape index (κ3) is 7.43. The molecule has 290 valence electrons. The molecule has 0 aliphatic rings. The molecule has 0 N–H and O–H groups in total. The van der Waals surface area contributed by atoms with Crippen LogP contribution in [0.2, 0.25) is 0 Å². The topological polar surface area (TPSA) is 35.9 Å². The van der Waals surface area contributed by atoms with Crippen LogP contribution in [0, 0.1) is 18.5 Å². The summed E-state index contributed by atoms with van der Waals surface area (Å²) in [7, 11) is 0. The number of para-hydroxylation sites is 1. The maximum atomic E-state index is 6.59. The normalized spacial score (nSPS) is 11.8. The molecule has 0 spiro atoms. The maximum absolute atomic E-state index is 6.59. The van der Waals surface area contributed by atoms with Crippen molar-refractivity contribution in [3.8, 4) is 50.9 Å². The molecule has 0 radical (unpaired) electrons. The number of benzene rings is 6. The quantitative estimate of drug-likeness (QED) is 0.118. The summed E-state index contributed by atoms with van der Waals surface area (Å²) in [5.41, 5.74) is 10.5. The summed E-state index contributed by atoms with van der Waals surface area (Å²) < 4.78 is 13.0. The van der Waals surface area contributed by atoms with Gasteiger partial charge in [-0.2, -0.15) is 18.2 Å². The molecule has 0 aliphatic carbocycles. The number of ether oxygens (including phenoxy) is 1. The standard InChI is InChI=1S/C52H44N4O.Pt/c1-51(2,3)39-28-29-53-50(31-39)56-46-23-14-13-22-44(46)45-27-25-42(33-48(45)56)57-41-21-15-20-40(32-41)55-35-54(34-49(55)52(4,5)6)47-30-38(36-16-9-7-10-17-36)24-26-43(47)37-18-11-8-12-19-37;/h7-31,34H,1-6H3;/q-2;. The van der Waals surface area contributed by atoms with Gasteiger partial charge in [0, 0.05) is 50.5 Å². The van der Waals surface area contributed by atoms with Gasteiger partial charge in [-0.1, -0.05) is 138 Å². The summed E-state index contributed by atoms with van der Waals surface area (Å²) in [5, 5.41) is 2.23. The third-order valence-electron chi connectivity index (χ3n) is 10.5. The number of fused-ring (bicyclic) bond motifs is 3. The van der Waals surface area contributed by atoms with E-state index in [1.165, 1.54) is 5.56 Å². The van der Waals surface area contributed by atoms with Crippen LogP contribution in [0.25, 0.3) is 61.3 Å². The SMILES string of the molecule is CC(C)(C)c1ccnc(-n2c3[c-]c(Oc4[c-]c(-n5[c-][n+](-c6cc(-c7ccccc7)ccc6-c6ccccc6)cc5C(C)(C)C)ccc4)ccc3c3ccccc32)c1.[Pt]. The molecule has 0 atom stereocenters. The molecule has 6 heteroatoms. The average Bonchev–Trinajstić information content (AvgIpc) is 3.82. The average molecular weight is 936 g/mol. The fraction of sp³-hybridized carbons (Fsp3) is 0.154. The molecule has 9 aromatic rings. The van der Waals surface area contributed by atoms with Gasteiger partial charge < -0.3 is 13.9 Å². The van der Waals surface area contributed by atoms with Crippen molar-refractivity contribution in [3.63, 3.8) is 0 Å². The molecule has 6 aromatic carbocycles. The van der Waals surface area contributed by atoms with Crippen molar-refractivity contribution >= 4 is 21.8 Å². The largest absolute Gasteiger partial charge is 0.510 e. The Morgan fingerprint density at radius 2 is 1.31 bits per heavy atom. The van der Waals surface area contributed by atoms with Gasteiger partial charge >= 0.3 is 0 Å². The van der Waals surface area contributed by atoms with E-state index in [-0.39, 0.29) is 31.9 Å². The monoisotopic (exact) mass is 935 g/mol. The Labute approximate surface area is 355 Å². The Morgan fingerprint density at radius 3 is 2.05 bits per heavy atom. The minimum Gasteiger partial charge on any atom is -0.510 e. The van der Waals surface area contributed by atoms with Gasteiger partial charge in [0.1, 0.15) is 5.82 Å². The van der Waals surface area contributed by atoms with E-state index in [0.29, 0.717) is 11.5 Å². The molecule has 0 saturated carbocycles. The molecule has 0 unspecified atom stereocenters. The van der Waals surface area contributed by atoms with Crippen molar-refractivity contribution in [1.82, 2.24) is 14.1 Å². The Morgan fingerprint density at radius 1 is 0.603 bits per heavy atom. The third-order valence-corrected chi connectivity index (χ3v) is 10.5. The van der Waals surface area contributed by atoms with Crippen molar-refractivity contribution in [1.29, 1.82) is 0 Å². The van der Waals surface area contributed by atoms with Crippen molar-refractivity contribution < 1.29 is 30.4 Å². The van der Waals surface area contributed by atoms with E-state index in [2.05, 4.69) is 207 Å². The van der Waals surface area contributed by atoms with E-state index in [0.717, 1.165) is 66.9 Å². The fourth-order valence-corrected chi connectivity index (χ4v) is 7.53. The number of rotatable bonds is 7. The molecule has 0 aliphatic heterocycles. The van der Waals surface area contributed by atoms with Crippen LogP contribution in [0.4, 0.5) is 0 Å². The number of imidazole rings is 1. The van der Waals surface area contributed by atoms with Crippen molar-refractivity contribution in [2.75, 3.05) is 0 Å².